The second kappa shape index (κ2) is 5.83. The van der Waals surface area contributed by atoms with Gasteiger partial charge in [-0.05, 0) is 61.1 Å². The van der Waals surface area contributed by atoms with Gasteiger partial charge in [0.05, 0.1) is 0 Å². The second-order valence-corrected chi connectivity index (χ2v) is 6.16. The lowest BCUT2D eigenvalue weighted by molar-refractivity contribution is 0.437. The van der Waals surface area contributed by atoms with Gasteiger partial charge < -0.3 is 5.32 Å². The zero-order valence-corrected chi connectivity index (χ0v) is 12.5. The van der Waals surface area contributed by atoms with E-state index in [-0.39, 0.29) is 11.2 Å². The van der Waals surface area contributed by atoms with E-state index in [1.165, 1.54) is 5.56 Å². The van der Waals surface area contributed by atoms with Crippen molar-refractivity contribution in [2.45, 2.75) is 59.4 Å². The van der Waals surface area contributed by atoms with Crippen LogP contribution in [0.2, 0.25) is 0 Å². The van der Waals surface area contributed by atoms with Crippen LogP contribution in [0.4, 0.5) is 4.39 Å². The molecule has 0 spiro atoms. The molecule has 1 nitrogen and oxygen atoms in total. The van der Waals surface area contributed by atoms with Crippen molar-refractivity contribution in [1.82, 2.24) is 5.32 Å². The fourth-order valence-electron chi connectivity index (χ4n) is 2.78. The normalized spacial score (nSPS) is 12.2. The fourth-order valence-corrected chi connectivity index (χ4v) is 2.78. The fraction of sp³-hybridized carbons (Fsp3) is 0.625. The highest BCUT2D eigenvalue weighted by Gasteiger charge is 2.24. The van der Waals surface area contributed by atoms with Gasteiger partial charge in [-0.3, -0.25) is 0 Å². The van der Waals surface area contributed by atoms with Crippen LogP contribution in [0, 0.1) is 19.7 Å². The van der Waals surface area contributed by atoms with Gasteiger partial charge in [0.1, 0.15) is 5.82 Å². The van der Waals surface area contributed by atoms with Crippen molar-refractivity contribution in [3.63, 3.8) is 0 Å². The monoisotopic (exact) mass is 251 g/mol. The predicted molar refractivity (Wildman–Crippen MR) is 76.7 cm³/mol. The smallest absolute Gasteiger partial charge is 0.123 e. The van der Waals surface area contributed by atoms with E-state index < -0.39 is 0 Å². The zero-order chi connectivity index (χ0) is 13.9. The van der Waals surface area contributed by atoms with Crippen LogP contribution in [-0.2, 0) is 5.41 Å². The van der Waals surface area contributed by atoms with Crippen LogP contribution in [0.5, 0.6) is 0 Å². The first-order chi connectivity index (χ1) is 8.24. The van der Waals surface area contributed by atoms with Gasteiger partial charge in [-0.1, -0.05) is 27.7 Å². The summed E-state index contributed by atoms with van der Waals surface area (Å²) in [5.41, 5.74) is 3.47. The first kappa shape index (κ1) is 15.2. The maximum Gasteiger partial charge on any atom is 0.123 e. The molecule has 0 aliphatic carbocycles. The van der Waals surface area contributed by atoms with Crippen LogP contribution in [0.25, 0.3) is 0 Å². The molecule has 0 aliphatic heterocycles. The molecule has 0 saturated heterocycles. The molecule has 0 heterocycles. The minimum absolute atomic E-state index is 0.0732. The van der Waals surface area contributed by atoms with Crippen molar-refractivity contribution in [2.75, 3.05) is 6.54 Å². The largest absolute Gasteiger partial charge is 0.315 e. The summed E-state index contributed by atoms with van der Waals surface area (Å²) in [6, 6.07) is 3.79. The lowest BCUT2D eigenvalue weighted by atomic mass is 9.77. The molecule has 1 N–H and O–H groups in total. The van der Waals surface area contributed by atoms with Crippen LogP contribution in [0.1, 0.15) is 50.8 Å². The summed E-state index contributed by atoms with van der Waals surface area (Å²) < 4.78 is 13.3. The van der Waals surface area contributed by atoms with Crippen molar-refractivity contribution in [2.24, 2.45) is 0 Å². The van der Waals surface area contributed by atoms with Gasteiger partial charge in [-0.15, -0.1) is 0 Å². The van der Waals surface area contributed by atoms with Crippen molar-refractivity contribution in [1.29, 1.82) is 0 Å². The Labute approximate surface area is 111 Å². The van der Waals surface area contributed by atoms with E-state index in [1.54, 1.807) is 12.1 Å². The number of hydrogen-bond donors (Lipinski definition) is 1. The van der Waals surface area contributed by atoms with E-state index >= 15 is 0 Å². The van der Waals surface area contributed by atoms with E-state index in [2.05, 4.69) is 33.0 Å². The van der Waals surface area contributed by atoms with Gasteiger partial charge in [-0.25, -0.2) is 4.39 Å². The molecule has 2 heteroatoms. The Morgan fingerprint density at radius 2 is 1.67 bits per heavy atom. The first-order valence-corrected chi connectivity index (χ1v) is 6.74. The van der Waals surface area contributed by atoms with Crippen molar-refractivity contribution < 1.29 is 4.39 Å². The molecular weight excluding hydrogens is 225 g/mol. The first-order valence-electron chi connectivity index (χ1n) is 6.74. The Morgan fingerprint density at radius 1 is 1.17 bits per heavy atom. The van der Waals surface area contributed by atoms with E-state index in [0.717, 1.165) is 24.1 Å². The molecule has 1 rings (SSSR count). The Hall–Kier alpha value is -0.890. The molecule has 0 aliphatic rings. The number of rotatable bonds is 5. The molecule has 102 valence electrons. The van der Waals surface area contributed by atoms with Gasteiger partial charge in [0.25, 0.3) is 0 Å². The summed E-state index contributed by atoms with van der Waals surface area (Å²) in [7, 11) is 0. The Kier molecular flexibility index (Phi) is 4.92. The standard InChI is InChI=1S/C16H26FN/c1-11(2)18-8-7-16(5,6)15-12(3)9-14(17)10-13(15)4/h9-11,18H,7-8H2,1-6H3. The van der Waals surface area contributed by atoms with Crippen LogP contribution in [0.3, 0.4) is 0 Å². The summed E-state index contributed by atoms with van der Waals surface area (Å²) in [6.07, 6.45) is 1.05. The molecule has 0 saturated carbocycles. The Morgan fingerprint density at radius 3 is 2.11 bits per heavy atom. The third-order valence-electron chi connectivity index (χ3n) is 3.48. The van der Waals surface area contributed by atoms with E-state index in [4.69, 9.17) is 0 Å². The van der Waals surface area contributed by atoms with Gasteiger partial charge in [0, 0.05) is 6.04 Å². The van der Waals surface area contributed by atoms with Crippen LogP contribution in [-0.4, -0.2) is 12.6 Å². The summed E-state index contributed by atoms with van der Waals surface area (Å²) >= 11 is 0. The highest BCUT2D eigenvalue weighted by molar-refractivity contribution is 5.39. The molecule has 1 aromatic carbocycles. The highest BCUT2D eigenvalue weighted by Crippen LogP contribution is 2.32. The molecule has 0 atom stereocenters. The van der Waals surface area contributed by atoms with Crippen LogP contribution in [0.15, 0.2) is 12.1 Å². The van der Waals surface area contributed by atoms with Crippen molar-refractivity contribution in [3.05, 3.63) is 34.6 Å². The number of nitrogens with one attached hydrogen (secondary N) is 1. The molecule has 1 aromatic rings. The second-order valence-electron chi connectivity index (χ2n) is 6.16. The summed E-state index contributed by atoms with van der Waals surface area (Å²) in [5.74, 6) is -0.134. The minimum Gasteiger partial charge on any atom is -0.315 e. The average molecular weight is 251 g/mol. The van der Waals surface area contributed by atoms with E-state index in [9.17, 15) is 4.39 Å². The Balaban J connectivity index is 2.90. The van der Waals surface area contributed by atoms with Crippen molar-refractivity contribution >= 4 is 0 Å². The lowest BCUT2D eigenvalue weighted by Gasteiger charge is -2.29. The molecule has 0 unspecified atom stereocenters. The zero-order valence-electron chi connectivity index (χ0n) is 12.5. The number of hydrogen-bond acceptors (Lipinski definition) is 1. The van der Waals surface area contributed by atoms with Gasteiger partial charge in [0.15, 0.2) is 0 Å². The van der Waals surface area contributed by atoms with Crippen LogP contribution < -0.4 is 5.32 Å². The van der Waals surface area contributed by atoms with Gasteiger partial charge in [0.2, 0.25) is 0 Å². The average Bonchev–Trinajstić information content (AvgIpc) is 2.13. The number of aryl methyl sites for hydroxylation is 2. The number of halogens is 1. The maximum atomic E-state index is 13.3. The topological polar surface area (TPSA) is 12.0 Å². The van der Waals surface area contributed by atoms with E-state index in [0.29, 0.717) is 6.04 Å². The summed E-state index contributed by atoms with van der Waals surface area (Å²) in [4.78, 5) is 0. The molecule has 18 heavy (non-hydrogen) atoms. The predicted octanol–water partition coefficient (Wildman–Crippen LogP) is 4.11. The SMILES string of the molecule is Cc1cc(F)cc(C)c1C(C)(C)CCNC(C)C. The number of benzene rings is 1. The quantitative estimate of drug-likeness (QED) is 0.830. The molecule has 0 bridgehead atoms. The molecule has 0 fully saturated rings. The lowest BCUT2D eigenvalue weighted by Crippen LogP contribution is -2.30. The third-order valence-corrected chi connectivity index (χ3v) is 3.48. The molecule has 0 aromatic heterocycles. The van der Waals surface area contributed by atoms with Gasteiger partial charge >= 0.3 is 0 Å². The summed E-state index contributed by atoms with van der Waals surface area (Å²) in [6.45, 7) is 13.8. The van der Waals surface area contributed by atoms with Crippen molar-refractivity contribution in [3.8, 4) is 0 Å². The third kappa shape index (κ3) is 3.81. The van der Waals surface area contributed by atoms with Gasteiger partial charge in [-0.2, -0.15) is 0 Å². The molecule has 0 amide bonds. The molecular formula is C16H26FN. The van der Waals surface area contributed by atoms with E-state index in [1.807, 2.05) is 13.8 Å². The van der Waals surface area contributed by atoms with Crippen LogP contribution >= 0.6 is 0 Å². The summed E-state index contributed by atoms with van der Waals surface area (Å²) in [5, 5.41) is 3.45. The minimum atomic E-state index is -0.134. The Bertz CT molecular complexity index is 385. The molecule has 0 radical (unpaired) electrons. The highest BCUT2D eigenvalue weighted by atomic mass is 19.1. The maximum absolute atomic E-state index is 13.3.